The van der Waals surface area contributed by atoms with Crippen molar-refractivity contribution in [3.63, 3.8) is 0 Å². The van der Waals surface area contributed by atoms with E-state index < -0.39 is 5.97 Å². The Balaban J connectivity index is 2.33. The summed E-state index contributed by atoms with van der Waals surface area (Å²) >= 11 is 0. The third-order valence-electron chi connectivity index (χ3n) is 2.36. The number of hydrogen-bond donors (Lipinski definition) is 2. The fraction of sp³-hybridized carbons (Fsp3) is 0.889. The Morgan fingerprint density at radius 3 is 2.58 bits per heavy atom. The molecule has 2 N–H and O–H groups in total. The Bertz CT molecular complexity index is 137. The first kappa shape index (κ1) is 9.52. The van der Waals surface area contributed by atoms with Gasteiger partial charge in [-0.05, 0) is 19.4 Å². The summed E-state index contributed by atoms with van der Waals surface area (Å²) in [5, 5.41) is 11.8. The van der Waals surface area contributed by atoms with E-state index in [1.807, 2.05) is 0 Å². The third kappa shape index (κ3) is 3.22. The predicted molar refractivity (Wildman–Crippen MR) is 47.1 cm³/mol. The fourth-order valence-corrected chi connectivity index (χ4v) is 1.59. The maximum atomic E-state index is 10.7. The Labute approximate surface area is 73.2 Å². The highest BCUT2D eigenvalue weighted by Crippen LogP contribution is 2.10. The lowest BCUT2D eigenvalue weighted by Crippen LogP contribution is -2.36. The Morgan fingerprint density at radius 1 is 1.17 bits per heavy atom. The van der Waals surface area contributed by atoms with E-state index in [2.05, 4.69) is 5.32 Å². The molecule has 0 saturated carbocycles. The van der Waals surface area contributed by atoms with Crippen molar-refractivity contribution in [3.05, 3.63) is 0 Å². The van der Waals surface area contributed by atoms with Crippen molar-refractivity contribution >= 4 is 5.97 Å². The first-order valence-corrected chi connectivity index (χ1v) is 4.77. The first-order chi connectivity index (χ1) is 5.80. The average Bonchev–Trinajstić information content (AvgIpc) is 2.15. The van der Waals surface area contributed by atoms with Gasteiger partial charge >= 0.3 is 5.97 Å². The van der Waals surface area contributed by atoms with Gasteiger partial charge in [0.05, 0.1) is 0 Å². The molecule has 0 aromatic carbocycles. The molecule has 1 aliphatic rings. The van der Waals surface area contributed by atoms with Crippen LogP contribution in [0.25, 0.3) is 0 Å². The topological polar surface area (TPSA) is 49.3 Å². The minimum atomic E-state index is -0.697. The van der Waals surface area contributed by atoms with Gasteiger partial charge in [0.25, 0.3) is 0 Å². The lowest BCUT2D eigenvalue weighted by molar-refractivity contribution is -0.139. The van der Waals surface area contributed by atoms with Gasteiger partial charge in [-0.2, -0.15) is 0 Å². The number of rotatable bonds is 1. The summed E-state index contributed by atoms with van der Waals surface area (Å²) in [5.74, 6) is -0.697. The van der Waals surface area contributed by atoms with Crippen molar-refractivity contribution in [2.45, 2.75) is 44.6 Å². The van der Waals surface area contributed by atoms with Crippen LogP contribution in [-0.2, 0) is 4.79 Å². The SMILES string of the molecule is O=C(O)[C@@H]1CCCCCCCN1. The second-order valence-electron chi connectivity index (χ2n) is 3.40. The van der Waals surface area contributed by atoms with Gasteiger partial charge in [0.2, 0.25) is 0 Å². The predicted octanol–water partition coefficient (Wildman–Crippen LogP) is 1.38. The summed E-state index contributed by atoms with van der Waals surface area (Å²) in [6, 6.07) is -0.303. The van der Waals surface area contributed by atoms with E-state index >= 15 is 0 Å². The molecule has 1 saturated heterocycles. The smallest absolute Gasteiger partial charge is 0.320 e. The molecule has 0 amide bonds. The maximum absolute atomic E-state index is 10.7. The van der Waals surface area contributed by atoms with Crippen molar-refractivity contribution in [3.8, 4) is 0 Å². The van der Waals surface area contributed by atoms with Gasteiger partial charge in [0, 0.05) is 0 Å². The lowest BCUT2D eigenvalue weighted by Gasteiger charge is -2.11. The Hall–Kier alpha value is -0.570. The van der Waals surface area contributed by atoms with Gasteiger partial charge in [0.1, 0.15) is 6.04 Å². The summed E-state index contributed by atoms with van der Waals surface area (Å²) in [7, 11) is 0. The van der Waals surface area contributed by atoms with Crippen LogP contribution in [-0.4, -0.2) is 23.7 Å². The van der Waals surface area contributed by atoms with Gasteiger partial charge in [-0.3, -0.25) is 4.79 Å². The molecule has 3 heteroatoms. The van der Waals surface area contributed by atoms with Crippen LogP contribution < -0.4 is 5.32 Å². The van der Waals surface area contributed by atoms with Crippen LogP contribution in [0.3, 0.4) is 0 Å². The van der Waals surface area contributed by atoms with Gasteiger partial charge in [0.15, 0.2) is 0 Å². The van der Waals surface area contributed by atoms with Crippen LogP contribution in [0.5, 0.6) is 0 Å². The molecule has 1 heterocycles. The minimum Gasteiger partial charge on any atom is -0.480 e. The van der Waals surface area contributed by atoms with Crippen molar-refractivity contribution in [1.29, 1.82) is 0 Å². The molecular formula is C9H17NO2. The van der Waals surface area contributed by atoms with E-state index in [9.17, 15) is 4.79 Å². The molecule has 0 radical (unpaired) electrons. The number of hydrogen-bond acceptors (Lipinski definition) is 2. The van der Waals surface area contributed by atoms with E-state index in [0.717, 1.165) is 25.8 Å². The molecule has 0 aliphatic carbocycles. The van der Waals surface area contributed by atoms with Gasteiger partial charge < -0.3 is 10.4 Å². The average molecular weight is 171 g/mol. The van der Waals surface area contributed by atoms with Gasteiger partial charge in [-0.25, -0.2) is 0 Å². The van der Waals surface area contributed by atoms with E-state index in [1.54, 1.807) is 0 Å². The van der Waals surface area contributed by atoms with Crippen molar-refractivity contribution in [2.24, 2.45) is 0 Å². The Morgan fingerprint density at radius 2 is 1.83 bits per heavy atom. The molecular weight excluding hydrogens is 154 g/mol. The van der Waals surface area contributed by atoms with Crippen LogP contribution in [0.1, 0.15) is 38.5 Å². The zero-order valence-corrected chi connectivity index (χ0v) is 7.38. The van der Waals surface area contributed by atoms with E-state index in [1.165, 1.54) is 19.3 Å². The fourth-order valence-electron chi connectivity index (χ4n) is 1.59. The van der Waals surface area contributed by atoms with E-state index in [0.29, 0.717) is 0 Å². The number of nitrogens with one attached hydrogen (secondary N) is 1. The second-order valence-corrected chi connectivity index (χ2v) is 3.40. The van der Waals surface area contributed by atoms with Crippen molar-refractivity contribution in [2.75, 3.05) is 6.54 Å². The van der Waals surface area contributed by atoms with Crippen LogP contribution in [0, 0.1) is 0 Å². The first-order valence-electron chi connectivity index (χ1n) is 4.77. The molecule has 0 unspecified atom stereocenters. The number of carboxylic acids is 1. The molecule has 3 nitrogen and oxygen atoms in total. The number of carbonyl (C=O) groups is 1. The summed E-state index contributed by atoms with van der Waals surface area (Å²) in [6.45, 7) is 0.858. The summed E-state index contributed by atoms with van der Waals surface area (Å²) in [5.41, 5.74) is 0. The van der Waals surface area contributed by atoms with Gasteiger partial charge in [-0.15, -0.1) is 0 Å². The molecule has 0 aromatic rings. The standard InChI is InChI=1S/C9H17NO2/c11-9(12)8-6-4-2-1-3-5-7-10-8/h8,10H,1-7H2,(H,11,12)/t8-/m0/s1. The number of carboxylic acid groups (broad SMARTS) is 1. The highest BCUT2D eigenvalue weighted by Gasteiger charge is 2.16. The van der Waals surface area contributed by atoms with Crippen molar-refractivity contribution < 1.29 is 9.90 Å². The minimum absolute atomic E-state index is 0.303. The van der Waals surface area contributed by atoms with Crippen LogP contribution in [0.4, 0.5) is 0 Å². The Kier molecular flexibility index (Phi) is 4.08. The molecule has 12 heavy (non-hydrogen) atoms. The maximum Gasteiger partial charge on any atom is 0.320 e. The molecule has 1 aliphatic heterocycles. The molecule has 0 aromatic heterocycles. The van der Waals surface area contributed by atoms with Gasteiger partial charge in [-0.1, -0.05) is 25.7 Å². The highest BCUT2D eigenvalue weighted by molar-refractivity contribution is 5.73. The lowest BCUT2D eigenvalue weighted by atomic mass is 10.1. The normalized spacial score (nSPS) is 26.8. The monoisotopic (exact) mass is 171 g/mol. The molecule has 0 spiro atoms. The summed E-state index contributed by atoms with van der Waals surface area (Å²) in [6.07, 6.45) is 6.63. The van der Waals surface area contributed by atoms with Crippen LogP contribution in [0.2, 0.25) is 0 Å². The molecule has 1 fully saturated rings. The van der Waals surface area contributed by atoms with Crippen LogP contribution in [0.15, 0.2) is 0 Å². The molecule has 0 bridgehead atoms. The second kappa shape index (κ2) is 5.14. The molecule has 1 rings (SSSR count). The largest absolute Gasteiger partial charge is 0.480 e. The zero-order valence-electron chi connectivity index (χ0n) is 7.38. The zero-order chi connectivity index (χ0) is 8.81. The van der Waals surface area contributed by atoms with E-state index in [-0.39, 0.29) is 6.04 Å². The van der Waals surface area contributed by atoms with Crippen molar-refractivity contribution in [1.82, 2.24) is 5.32 Å². The summed E-state index contributed by atoms with van der Waals surface area (Å²) < 4.78 is 0. The molecule has 1 atom stereocenters. The van der Waals surface area contributed by atoms with Crippen LogP contribution >= 0.6 is 0 Å². The quantitative estimate of drug-likeness (QED) is 0.626. The summed E-state index contributed by atoms with van der Waals surface area (Å²) in [4.78, 5) is 10.7. The highest BCUT2D eigenvalue weighted by atomic mass is 16.4. The van der Waals surface area contributed by atoms with E-state index in [4.69, 9.17) is 5.11 Å². The molecule has 70 valence electrons. The number of aliphatic carboxylic acids is 1. The third-order valence-corrected chi connectivity index (χ3v) is 2.36.